The fraction of sp³-hybridized carbons (Fsp3) is 0.680. The van der Waals surface area contributed by atoms with E-state index in [1.807, 2.05) is 6.07 Å². The first-order valence-corrected chi connectivity index (χ1v) is 12.3. The number of rotatable bonds is 5. The summed E-state index contributed by atoms with van der Waals surface area (Å²) in [5, 5.41) is 3.28. The highest BCUT2D eigenvalue weighted by atomic mass is 16.5. The predicted octanol–water partition coefficient (Wildman–Crippen LogP) is 2.70. The Labute approximate surface area is 190 Å². The average Bonchev–Trinajstić information content (AvgIpc) is 3.24. The smallest absolute Gasteiger partial charge is 0.228 e. The number of aromatic nitrogens is 2. The van der Waals surface area contributed by atoms with Gasteiger partial charge >= 0.3 is 0 Å². The second kappa shape index (κ2) is 9.12. The highest BCUT2D eigenvalue weighted by Gasteiger charge is 2.52. The van der Waals surface area contributed by atoms with E-state index in [2.05, 4.69) is 51.1 Å². The van der Waals surface area contributed by atoms with E-state index in [1.165, 1.54) is 5.56 Å². The van der Waals surface area contributed by atoms with E-state index in [0.29, 0.717) is 18.5 Å². The Bertz CT molecular complexity index is 953. The summed E-state index contributed by atoms with van der Waals surface area (Å²) in [6.45, 7) is 11.5. The number of piperidine rings is 1. The summed E-state index contributed by atoms with van der Waals surface area (Å²) in [5.74, 6) is 1.50. The van der Waals surface area contributed by atoms with Crippen molar-refractivity contribution in [3.8, 4) is 0 Å². The summed E-state index contributed by atoms with van der Waals surface area (Å²) in [6, 6.07) is 6.81. The molecular weight excluding hydrogens is 402 g/mol. The molecule has 7 heteroatoms. The van der Waals surface area contributed by atoms with Crippen LogP contribution < -0.4 is 5.32 Å². The Balaban J connectivity index is 1.30. The molecule has 0 spiro atoms. The van der Waals surface area contributed by atoms with Crippen molar-refractivity contribution in [1.29, 1.82) is 0 Å². The molecular formula is C25H37N5O2. The molecule has 0 bridgehead atoms. The highest BCUT2D eigenvalue weighted by Crippen LogP contribution is 2.47. The number of carbonyl (C=O) groups is 1. The first-order chi connectivity index (χ1) is 15.6. The second-order valence-electron chi connectivity index (χ2n) is 9.97. The number of nitrogens with one attached hydrogen (secondary N) is 2. The monoisotopic (exact) mass is 439 g/mol. The van der Waals surface area contributed by atoms with Gasteiger partial charge in [-0.15, -0.1) is 0 Å². The molecule has 7 nitrogen and oxygen atoms in total. The van der Waals surface area contributed by atoms with E-state index >= 15 is 0 Å². The maximum absolute atomic E-state index is 13.7. The molecule has 1 aliphatic carbocycles. The molecule has 1 saturated carbocycles. The number of nitrogens with zero attached hydrogens (tertiary/aromatic N) is 3. The Hall–Kier alpha value is -1.96. The van der Waals surface area contributed by atoms with Crippen molar-refractivity contribution in [2.75, 3.05) is 45.9 Å². The fourth-order valence-electron chi connectivity index (χ4n) is 6.23. The van der Waals surface area contributed by atoms with Crippen molar-refractivity contribution < 1.29 is 9.53 Å². The minimum absolute atomic E-state index is 0.220. The fourth-order valence-corrected chi connectivity index (χ4v) is 6.23. The third kappa shape index (κ3) is 4.18. The molecule has 1 aromatic carbocycles. The lowest BCUT2D eigenvalue weighted by Gasteiger charge is -2.53. The zero-order valence-corrected chi connectivity index (χ0v) is 19.5. The molecule has 2 aromatic rings. The van der Waals surface area contributed by atoms with E-state index in [4.69, 9.17) is 4.74 Å². The first kappa shape index (κ1) is 21.9. The topological polar surface area (TPSA) is 73.5 Å². The molecule has 1 amide bonds. The number of likely N-dealkylation sites (tertiary alicyclic amines) is 1. The molecule has 3 aliphatic rings. The summed E-state index contributed by atoms with van der Waals surface area (Å²) in [7, 11) is 0. The Morgan fingerprint density at radius 2 is 2.12 bits per heavy atom. The van der Waals surface area contributed by atoms with Crippen molar-refractivity contribution in [1.82, 2.24) is 25.1 Å². The number of hydrogen-bond acceptors (Lipinski definition) is 5. The number of hydrogen-bond donors (Lipinski definition) is 2. The number of aromatic amines is 1. The molecule has 3 fully saturated rings. The van der Waals surface area contributed by atoms with E-state index < -0.39 is 0 Å². The number of benzene rings is 1. The zero-order chi connectivity index (χ0) is 22.1. The number of ether oxygens (including phenoxy) is 1. The first-order valence-electron chi connectivity index (χ1n) is 12.3. The van der Waals surface area contributed by atoms with Crippen LogP contribution in [-0.4, -0.2) is 77.7 Å². The molecule has 5 rings (SSSR count). The highest BCUT2D eigenvalue weighted by molar-refractivity contribution is 5.83. The number of aryl methyl sites for hydroxylation is 1. The standard InChI is InChI=1S/C25H37N5O2/c1-3-29-9-7-19-15-20(30-10-12-32-13-11-30)6-8-25(19,17-29)24(31)26-16-23-27-21-5-4-18(2)14-22(21)28-23/h4-5,14,19-20H,3,6-13,15-17H2,1-2H3,(H,26,31)(H,27,28)/t19-,20+,25-/m1/s1. The average molecular weight is 440 g/mol. The molecule has 0 unspecified atom stereocenters. The van der Waals surface area contributed by atoms with Gasteiger partial charge in [0.25, 0.3) is 0 Å². The largest absolute Gasteiger partial charge is 0.379 e. The van der Waals surface area contributed by atoms with Gasteiger partial charge in [0.1, 0.15) is 5.82 Å². The number of amides is 1. The number of fused-ring (bicyclic) bond motifs is 2. The van der Waals surface area contributed by atoms with Gasteiger partial charge in [0.2, 0.25) is 5.91 Å². The van der Waals surface area contributed by atoms with Crippen LogP contribution >= 0.6 is 0 Å². The van der Waals surface area contributed by atoms with Crippen LogP contribution in [0, 0.1) is 18.3 Å². The Morgan fingerprint density at radius 1 is 1.28 bits per heavy atom. The Kier molecular flexibility index (Phi) is 6.23. The van der Waals surface area contributed by atoms with Gasteiger partial charge in [-0.05, 0) is 69.3 Å². The second-order valence-corrected chi connectivity index (χ2v) is 9.97. The lowest BCUT2D eigenvalue weighted by atomic mass is 9.61. The molecule has 3 atom stereocenters. The molecule has 2 saturated heterocycles. The predicted molar refractivity (Wildman–Crippen MR) is 125 cm³/mol. The molecule has 1 aromatic heterocycles. The van der Waals surface area contributed by atoms with Crippen LogP contribution in [0.1, 0.15) is 44.0 Å². The summed E-state index contributed by atoms with van der Waals surface area (Å²) in [6.07, 6.45) is 4.33. The summed E-state index contributed by atoms with van der Waals surface area (Å²) >= 11 is 0. The summed E-state index contributed by atoms with van der Waals surface area (Å²) < 4.78 is 5.56. The van der Waals surface area contributed by atoms with E-state index in [1.54, 1.807) is 0 Å². The third-order valence-corrected chi connectivity index (χ3v) is 8.13. The maximum atomic E-state index is 13.7. The van der Waals surface area contributed by atoms with Gasteiger partial charge in [0, 0.05) is 25.7 Å². The van der Waals surface area contributed by atoms with Gasteiger partial charge in [-0.1, -0.05) is 13.0 Å². The molecule has 2 aliphatic heterocycles. The van der Waals surface area contributed by atoms with E-state index in [9.17, 15) is 4.79 Å². The summed E-state index contributed by atoms with van der Waals surface area (Å²) in [4.78, 5) is 26.9. The normalized spacial score (nSPS) is 29.7. The van der Waals surface area contributed by atoms with Crippen molar-refractivity contribution in [2.45, 2.75) is 52.1 Å². The van der Waals surface area contributed by atoms with Crippen LogP contribution in [-0.2, 0) is 16.1 Å². The number of imidazole rings is 1. The van der Waals surface area contributed by atoms with Gasteiger partial charge in [-0.3, -0.25) is 9.69 Å². The van der Waals surface area contributed by atoms with Crippen LogP contribution in [0.3, 0.4) is 0 Å². The van der Waals surface area contributed by atoms with Crippen LogP contribution in [0.2, 0.25) is 0 Å². The van der Waals surface area contributed by atoms with Gasteiger partial charge in [0.15, 0.2) is 0 Å². The van der Waals surface area contributed by atoms with E-state index in [-0.39, 0.29) is 11.3 Å². The van der Waals surface area contributed by atoms with Crippen LogP contribution in [0.25, 0.3) is 11.0 Å². The van der Waals surface area contributed by atoms with Gasteiger partial charge < -0.3 is 19.9 Å². The third-order valence-electron chi connectivity index (χ3n) is 8.13. The van der Waals surface area contributed by atoms with Crippen molar-refractivity contribution in [3.05, 3.63) is 29.6 Å². The quantitative estimate of drug-likeness (QED) is 0.749. The van der Waals surface area contributed by atoms with Gasteiger partial charge in [-0.2, -0.15) is 0 Å². The van der Waals surface area contributed by atoms with Crippen molar-refractivity contribution in [2.24, 2.45) is 11.3 Å². The molecule has 32 heavy (non-hydrogen) atoms. The summed E-state index contributed by atoms with van der Waals surface area (Å²) in [5.41, 5.74) is 2.92. The number of H-pyrrole nitrogens is 1. The lowest BCUT2D eigenvalue weighted by Crippen LogP contribution is -2.60. The van der Waals surface area contributed by atoms with E-state index in [0.717, 1.165) is 88.5 Å². The van der Waals surface area contributed by atoms with Crippen molar-refractivity contribution in [3.63, 3.8) is 0 Å². The number of carbonyl (C=O) groups excluding carboxylic acids is 1. The molecule has 174 valence electrons. The minimum atomic E-state index is -0.278. The van der Waals surface area contributed by atoms with Crippen LogP contribution in [0.5, 0.6) is 0 Å². The minimum Gasteiger partial charge on any atom is -0.379 e. The van der Waals surface area contributed by atoms with Crippen LogP contribution in [0.4, 0.5) is 0 Å². The lowest BCUT2D eigenvalue weighted by molar-refractivity contribution is -0.145. The Morgan fingerprint density at radius 3 is 2.94 bits per heavy atom. The maximum Gasteiger partial charge on any atom is 0.228 e. The van der Waals surface area contributed by atoms with Crippen LogP contribution in [0.15, 0.2) is 18.2 Å². The van der Waals surface area contributed by atoms with Gasteiger partial charge in [-0.25, -0.2) is 4.98 Å². The number of morpholine rings is 1. The van der Waals surface area contributed by atoms with Crippen molar-refractivity contribution >= 4 is 16.9 Å². The molecule has 0 radical (unpaired) electrons. The zero-order valence-electron chi connectivity index (χ0n) is 19.5. The van der Waals surface area contributed by atoms with Gasteiger partial charge in [0.05, 0.1) is 36.2 Å². The SMILES string of the molecule is CCN1CC[C@@H]2C[C@@H](N3CCOCC3)CC[C@@]2(C(=O)NCc2nc3ccc(C)cc3[nH]2)C1. The molecule has 2 N–H and O–H groups in total. The molecule has 3 heterocycles.